The highest BCUT2D eigenvalue weighted by Gasteiger charge is 2.43. The zero-order chi connectivity index (χ0) is 15.2. The Morgan fingerprint density at radius 2 is 1.65 bits per heavy atom. The van der Waals surface area contributed by atoms with E-state index in [0.717, 1.165) is 57.8 Å². The molecule has 0 amide bonds. The molecule has 0 aromatic rings. The molecule has 0 aromatic heterocycles. The van der Waals surface area contributed by atoms with Crippen LogP contribution in [0.4, 0.5) is 0 Å². The molecule has 118 valence electrons. The van der Waals surface area contributed by atoms with Crippen molar-refractivity contribution in [1.82, 2.24) is 0 Å². The Morgan fingerprint density at radius 1 is 1.10 bits per heavy atom. The summed E-state index contributed by atoms with van der Waals surface area (Å²) < 4.78 is 0. The van der Waals surface area contributed by atoms with Crippen LogP contribution in [-0.2, 0) is 4.79 Å². The average Bonchev–Trinajstić information content (AvgIpc) is 2.37. The van der Waals surface area contributed by atoms with Gasteiger partial charge in [0.1, 0.15) is 0 Å². The van der Waals surface area contributed by atoms with Crippen LogP contribution in [0.5, 0.6) is 0 Å². The van der Waals surface area contributed by atoms with E-state index in [1.54, 1.807) is 0 Å². The largest absolute Gasteiger partial charge is 0.481 e. The van der Waals surface area contributed by atoms with Crippen LogP contribution in [0.3, 0.4) is 0 Å². The zero-order valence-corrected chi connectivity index (χ0v) is 13.5. The number of hydrogen-bond acceptors (Lipinski definition) is 2. The normalized spacial score (nSPS) is 27.5. The van der Waals surface area contributed by atoms with E-state index in [1.165, 1.54) is 0 Å². The summed E-state index contributed by atoms with van der Waals surface area (Å²) in [6, 6.07) is 0. The highest BCUT2D eigenvalue weighted by Crippen LogP contribution is 2.47. The monoisotopic (exact) mass is 284 g/mol. The smallest absolute Gasteiger partial charge is 0.309 e. The van der Waals surface area contributed by atoms with Gasteiger partial charge >= 0.3 is 5.97 Å². The molecule has 0 heterocycles. The highest BCUT2D eigenvalue weighted by molar-refractivity contribution is 5.74. The SMILES string of the molecule is CC(C)(C)C1CCC(CCCCCCO)(C(=O)O)CC1. The van der Waals surface area contributed by atoms with Gasteiger partial charge in [-0.2, -0.15) is 0 Å². The van der Waals surface area contributed by atoms with Gasteiger partial charge in [-0.25, -0.2) is 0 Å². The van der Waals surface area contributed by atoms with Crippen molar-refractivity contribution in [1.29, 1.82) is 0 Å². The number of rotatable bonds is 7. The first-order valence-corrected chi connectivity index (χ1v) is 8.16. The second-order valence-electron chi connectivity index (χ2n) is 7.61. The molecule has 0 aromatic carbocycles. The molecule has 1 rings (SSSR count). The molecule has 2 N–H and O–H groups in total. The van der Waals surface area contributed by atoms with Crippen molar-refractivity contribution in [2.75, 3.05) is 6.61 Å². The van der Waals surface area contributed by atoms with Gasteiger partial charge in [0.25, 0.3) is 0 Å². The number of carboxylic acid groups (broad SMARTS) is 1. The molecule has 1 fully saturated rings. The van der Waals surface area contributed by atoms with Gasteiger partial charge in [0.2, 0.25) is 0 Å². The lowest BCUT2D eigenvalue weighted by Crippen LogP contribution is -2.38. The molecular weight excluding hydrogens is 252 g/mol. The van der Waals surface area contributed by atoms with Crippen molar-refractivity contribution < 1.29 is 15.0 Å². The maximum absolute atomic E-state index is 11.7. The fourth-order valence-corrected chi connectivity index (χ4v) is 3.54. The van der Waals surface area contributed by atoms with Gasteiger partial charge in [-0.1, -0.05) is 40.0 Å². The fraction of sp³-hybridized carbons (Fsp3) is 0.941. The molecule has 0 atom stereocenters. The molecule has 1 aliphatic rings. The van der Waals surface area contributed by atoms with Crippen LogP contribution in [0.25, 0.3) is 0 Å². The Hall–Kier alpha value is -0.570. The lowest BCUT2D eigenvalue weighted by atomic mass is 9.62. The highest BCUT2D eigenvalue weighted by atomic mass is 16.4. The first kappa shape index (κ1) is 17.5. The number of unbranched alkanes of at least 4 members (excludes halogenated alkanes) is 3. The van der Waals surface area contributed by atoms with Gasteiger partial charge in [0.05, 0.1) is 5.41 Å². The molecular formula is C17H32O3. The third-order valence-electron chi connectivity index (χ3n) is 5.18. The molecule has 0 unspecified atom stereocenters. The molecule has 0 bridgehead atoms. The standard InChI is InChI=1S/C17H32O3/c1-16(2,3)14-8-11-17(12-9-14,15(19)20)10-6-4-5-7-13-18/h14,18H,4-13H2,1-3H3,(H,19,20). The number of aliphatic hydroxyl groups is 1. The molecule has 0 spiro atoms. The van der Waals surface area contributed by atoms with Gasteiger partial charge in [-0.3, -0.25) is 4.79 Å². The summed E-state index contributed by atoms with van der Waals surface area (Å²) >= 11 is 0. The first-order valence-electron chi connectivity index (χ1n) is 8.16. The Morgan fingerprint density at radius 3 is 2.10 bits per heavy atom. The summed E-state index contributed by atoms with van der Waals surface area (Å²) in [4.78, 5) is 11.7. The van der Waals surface area contributed by atoms with E-state index in [2.05, 4.69) is 20.8 Å². The van der Waals surface area contributed by atoms with Gasteiger partial charge in [-0.05, 0) is 49.9 Å². The van der Waals surface area contributed by atoms with Crippen molar-refractivity contribution in [2.45, 2.75) is 78.6 Å². The third-order valence-corrected chi connectivity index (χ3v) is 5.18. The Labute approximate surface area is 123 Å². The third kappa shape index (κ3) is 4.76. The topological polar surface area (TPSA) is 57.5 Å². The maximum Gasteiger partial charge on any atom is 0.309 e. The molecule has 1 aliphatic carbocycles. The van der Waals surface area contributed by atoms with Crippen LogP contribution in [0.2, 0.25) is 0 Å². The minimum atomic E-state index is -0.591. The van der Waals surface area contributed by atoms with Crippen molar-refractivity contribution in [3.05, 3.63) is 0 Å². The van der Waals surface area contributed by atoms with E-state index >= 15 is 0 Å². The summed E-state index contributed by atoms with van der Waals surface area (Å²) in [7, 11) is 0. The molecule has 1 saturated carbocycles. The summed E-state index contributed by atoms with van der Waals surface area (Å²) in [6.07, 6.45) is 8.45. The predicted octanol–water partition coefficient (Wildman–Crippen LogP) is 4.24. The van der Waals surface area contributed by atoms with Gasteiger partial charge in [-0.15, -0.1) is 0 Å². The van der Waals surface area contributed by atoms with Crippen LogP contribution in [0.1, 0.15) is 78.6 Å². The molecule has 0 radical (unpaired) electrons. The lowest BCUT2D eigenvalue weighted by molar-refractivity contribution is -0.153. The predicted molar refractivity (Wildman–Crippen MR) is 81.7 cm³/mol. The number of aliphatic hydroxyl groups excluding tert-OH is 1. The number of aliphatic carboxylic acids is 1. The number of hydrogen-bond donors (Lipinski definition) is 2. The molecule has 20 heavy (non-hydrogen) atoms. The Bertz CT molecular complexity index is 296. The van der Waals surface area contributed by atoms with E-state index in [-0.39, 0.29) is 6.61 Å². The van der Waals surface area contributed by atoms with E-state index in [1.807, 2.05) is 0 Å². The van der Waals surface area contributed by atoms with Gasteiger partial charge < -0.3 is 10.2 Å². The van der Waals surface area contributed by atoms with Crippen LogP contribution in [0.15, 0.2) is 0 Å². The van der Waals surface area contributed by atoms with E-state index < -0.39 is 11.4 Å². The maximum atomic E-state index is 11.7. The summed E-state index contributed by atoms with van der Waals surface area (Å²) in [5.41, 5.74) is -0.174. The Kier molecular flexibility index (Phi) is 6.50. The summed E-state index contributed by atoms with van der Waals surface area (Å²) in [5, 5.41) is 18.4. The van der Waals surface area contributed by atoms with E-state index in [0.29, 0.717) is 11.3 Å². The molecule has 3 heteroatoms. The van der Waals surface area contributed by atoms with Crippen LogP contribution < -0.4 is 0 Å². The summed E-state index contributed by atoms with van der Waals surface area (Å²) in [6.45, 7) is 7.04. The summed E-state index contributed by atoms with van der Waals surface area (Å²) in [5.74, 6) is 0.0661. The van der Waals surface area contributed by atoms with Crippen molar-refractivity contribution in [3.63, 3.8) is 0 Å². The molecule has 0 aliphatic heterocycles. The first-order chi connectivity index (χ1) is 9.32. The fourth-order valence-electron chi connectivity index (χ4n) is 3.54. The van der Waals surface area contributed by atoms with Crippen molar-refractivity contribution in [2.24, 2.45) is 16.7 Å². The lowest BCUT2D eigenvalue weighted by Gasteiger charge is -2.42. The number of carboxylic acids is 1. The Balaban J connectivity index is 2.48. The zero-order valence-electron chi connectivity index (χ0n) is 13.5. The molecule has 3 nitrogen and oxygen atoms in total. The van der Waals surface area contributed by atoms with Crippen molar-refractivity contribution >= 4 is 5.97 Å². The van der Waals surface area contributed by atoms with Gasteiger partial charge in [0, 0.05) is 6.61 Å². The van der Waals surface area contributed by atoms with Crippen molar-refractivity contribution in [3.8, 4) is 0 Å². The van der Waals surface area contributed by atoms with E-state index in [4.69, 9.17) is 5.11 Å². The second-order valence-corrected chi connectivity index (χ2v) is 7.61. The van der Waals surface area contributed by atoms with Crippen LogP contribution in [0, 0.1) is 16.7 Å². The van der Waals surface area contributed by atoms with E-state index in [9.17, 15) is 9.90 Å². The quantitative estimate of drug-likeness (QED) is 0.688. The average molecular weight is 284 g/mol. The molecule has 0 saturated heterocycles. The minimum Gasteiger partial charge on any atom is -0.481 e. The van der Waals surface area contributed by atoms with Gasteiger partial charge in [0.15, 0.2) is 0 Å². The second kappa shape index (κ2) is 7.44. The van der Waals surface area contributed by atoms with Crippen LogP contribution >= 0.6 is 0 Å². The number of carbonyl (C=O) groups is 1. The van der Waals surface area contributed by atoms with Crippen LogP contribution in [-0.4, -0.2) is 22.8 Å². The minimum absolute atomic E-state index is 0.247.